The van der Waals surface area contributed by atoms with E-state index in [1.54, 1.807) is 0 Å². The van der Waals surface area contributed by atoms with Crippen LogP contribution in [0.15, 0.2) is 70.6 Å². The van der Waals surface area contributed by atoms with E-state index in [0.717, 1.165) is 21.0 Å². The number of rotatable bonds is 3. The molecular formula is C25H25N3O4S2. The first-order valence-corrected chi connectivity index (χ1v) is 13.3. The smallest absolute Gasteiger partial charge is 0.279 e. The largest absolute Gasteiger partial charge is 0.373 e. The van der Waals surface area contributed by atoms with Crippen LogP contribution < -0.4 is 4.80 Å². The molecule has 0 saturated carbocycles. The van der Waals surface area contributed by atoms with Gasteiger partial charge in [-0.2, -0.15) is 9.30 Å². The predicted molar refractivity (Wildman–Crippen MR) is 133 cm³/mol. The van der Waals surface area contributed by atoms with E-state index < -0.39 is 15.9 Å². The Morgan fingerprint density at radius 1 is 1.00 bits per heavy atom. The van der Waals surface area contributed by atoms with Gasteiger partial charge in [-0.05, 0) is 49.6 Å². The SMILES string of the molecule is CC1CN(S(=O)(=O)c2ccc(C(=O)N=c3sc4c5ccccc5ccc4n3C)cc2)CC(C)O1. The highest BCUT2D eigenvalue weighted by atomic mass is 32.2. The molecule has 2 atom stereocenters. The first kappa shape index (κ1) is 22.9. The first-order chi connectivity index (χ1) is 16.2. The van der Waals surface area contributed by atoms with Gasteiger partial charge in [0.05, 0.1) is 27.3 Å². The van der Waals surface area contributed by atoms with Crippen molar-refractivity contribution in [3.63, 3.8) is 0 Å². The number of ether oxygens (including phenoxy) is 1. The summed E-state index contributed by atoms with van der Waals surface area (Å²) in [6.07, 6.45) is -0.338. The number of carbonyl (C=O) groups is 1. The number of benzene rings is 3. The maximum atomic E-state index is 13.1. The lowest BCUT2D eigenvalue weighted by atomic mass is 10.1. The molecule has 7 nitrogen and oxygen atoms in total. The second-order valence-electron chi connectivity index (χ2n) is 8.60. The molecule has 9 heteroatoms. The molecule has 0 aliphatic carbocycles. The van der Waals surface area contributed by atoms with Crippen molar-refractivity contribution in [2.45, 2.75) is 31.0 Å². The molecule has 1 saturated heterocycles. The fourth-order valence-corrected chi connectivity index (χ4v) is 7.10. The average molecular weight is 496 g/mol. The van der Waals surface area contributed by atoms with Crippen LogP contribution >= 0.6 is 11.3 Å². The molecule has 176 valence electrons. The number of aromatic nitrogens is 1. The molecule has 2 heterocycles. The molecule has 34 heavy (non-hydrogen) atoms. The number of fused-ring (bicyclic) bond motifs is 3. The lowest BCUT2D eigenvalue weighted by Gasteiger charge is -2.34. The Bertz CT molecular complexity index is 1560. The zero-order valence-corrected chi connectivity index (χ0v) is 20.8. The van der Waals surface area contributed by atoms with Crippen LogP contribution in [0.2, 0.25) is 0 Å². The summed E-state index contributed by atoms with van der Waals surface area (Å²) in [6.45, 7) is 4.33. The van der Waals surface area contributed by atoms with Crippen LogP contribution in [0.1, 0.15) is 24.2 Å². The number of morpholine rings is 1. The Kier molecular flexibility index (Phi) is 5.89. The molecule has 0 radical (unpaired) electrons. The van der Waals surface area contributed by atoms with Gasteiger partial charge in [0, 0.05) is 31.1 Å². The number of nitrogens with zero attached hydrogens (tertiary/aromatic N) is 3. The molecular weight excluding hydrogens is 470 g/mol. The summed E-state index contributed by atoms with van der Waals surface area (Å²) in [5.74, 6) is -0.413. The third-order valence-electron chi connectivity index (χ3n) is 6.02. The minimum absolute atomic E-state index is 0.157. The average Bonchev–Trinajstić information content (AvgIpc) is 3.14. The monoisotopic (exact) mass is 495 g/mol. The highest BCUT2D eigenvalue weighted by Gasteiger charge is 2.32. The Morgan fingerprint density at radius 3 is 2.38 bits per heavy atom. The van der Waals surface area contributed by atoms with Gasteiger partial charge in [-0.25, -0.2) is 8.42 Å². The van der Waals surface area contributed by atoms with Crippen LogP contribution in [-0.2, 0) is 21.8 Å². The van der Waals surface area contributed by atoms with E-state index in [-0.39, 0.29) is 17.1 Å². The van der Waals surface area contributed by atoms with Crippen molar-refractivity contribution in [3.8, 4) is 0 Å². The fraction of sp³-hybridized carbons (Fsp3) is 0.280. The van der Waals surface area contributed by atoms with Gasteiger partial charge in [0.25, 0.3) is 5.91 Å². The molecule has 0 bridgehead atoms. The zero-order valence-electron chi connectivity index (χ0n) is 19.1. The van der Waals surface area contributed by atoms with Gasteiger partial charge in [-0.15, -0.1) is 0 Å². The maximum absolute atomic E-state index is 13.1. The summed E-state index contributed by atoms with van der Waals surface area (Å²) in [6, 6.07) is 18.2. The van der Waals surface area contributed by atoms with Crippen molar-refractivity contribution in [1.82, 2.24) is 8.87 Å². The van der Waals surface area contributed by atoms with Crippen molar-refractivity contribution in [2.24, 2.45) is 12.0 Å². The topological polar surface area (TPSA) is 81.0 Å². The van der Waals surface area contributed by atoms with Crippen molar-refractivity contribution >= 4 is 48.3 Å². The number of carbonyl (C=O) groups excluding carboxylic acids is 1. The number of hydrogen-bond donors (Lipinski definition) is 0. The Morgan fingerprint density at radius 2 is 1.68 bits per heavy atom. The molecule has 3 aromatic carbocycles. The van der Waals surface area contributed by atoms with E-state index in [0.29, 0.717) is 23.5 Å². The quantitative estimate of drug-likeness (QED) is 0.431. The van der Waals surface area contributed by atoms with E-state index in [9.17, 15) is 13.2 Å². The minimum Gasteiger partial charge on any atom is -0.373 e. The van der Waals surface area contributed by atoms with Gasteiger partial charge in [-0.1, -0.05) is 41.7 Å². The molecule has 4 aromatic rings. The minimum atomic E-state index is -3.66. The van der Waals surface area contributed by atoms with Gasteiger partial charge in [0.1, 0.15) is 0 Å². The Balaban J connectivity index is 1.45. The van der Waals surface area contributed by atoms with Crippen molar-refractivity contribution < 1.29 is 17.9 Å². The molecule has 1 aromatic heterocycles. The number of sulfonamides is 1. The zero-order chi connectivity index (χ0) is 24.0. The highest BCUT2D eigenvalue weighted by molar-refractivity contribution is 7.89. The maximum Gasteiger partial charge on any atom is 0.279 e. The number of hydrogen-bond acceptors (Lipinski definition) is 5. The van der Waals surface area contributed by atoms with Gasteiger partial charge < -0.3 is 9.30 Å². The van der Waals surface area contributed by atoms with Gasteiger partial charge >= 0.3 is 0 Å². The standard InChI is InChI=1S/C25H25N3O4S2/c1-16-14-28(15-17(2)32-16)34(30,31)20-11-8-19(9-12-20)24(29)26-25-27(3)22-13-10-18-6-4-5-7-21(18)23(22)33-25/h4-13,16-17H,14-15H2,1-3H3. The summed E-state index contributed by atoms with van der Waals surface area (Å²) in [7, 11) is -1.78. The van der Waals surface area contributed by atoms with Gasteiger partial charge in [-0.3, -0.25) is 4.79 Å². The Hall–Kier alpha value is -2.85. The lowest BCUT2D eigenvalue weighted by Crippen LogP contribution is -2.48. The first-order valence-electron chi connectivity index (χ1n) is 11.1. The van der Waals surface area contributed by atoms with Crippen molar-refractivity contribution in [3.05, 3.63) is 71.0 Å². The van der Waals surface area contributed by atoms with Gasteiger partial charge in [0.15, 0.2) is 4.80 Å². The number of aryl methyl sites for hydroxylation is 1. The van der Waals surface area contributed by atoms with Crippen LogP contribution in [0.5, 0.6) is 0 Å². The van der Waals surface area contributed by atoms with Crippen LogP contribution in [0.3, 0.4) is 0 Å². The third kappa shape index (κ3) is 4.09. The third-order valence-corrected chi connectivity index (χ3v) is 9.05. The van der Waals surface area contributed by atoms with Crippen LogP contribution in [-0.4, -0.2) is 48.5 Å². The van der Waals surface area contributed by atoms with E-state index >= 15 is 0 Å². The van der Waals surface area contributed by atoms with Crippen LogP contribution in [0, 0.1) is 0 Å². The summed E-state index contributed by atoms with van der Waals surface area (Å²) >= 11 is 1.46. The molecule has 1 fully saturated rings. The van der Waals surface area contributed by atoms with E-state index in [4.69, 9.17) is 4.74 Å². The molecule has 0 N–H and O–H groups in total. The number of thiazole rings is 1. The molecule has 1 amide bonds. The second kappa shape index (κ2) is 8.74. The summed E-state index contributed by atoms with van der Waals surface area (Å²) in [5, 5.41) is 2.26. The fourth-order valence-electron chi connectivity index (χ4n) is 4.36. The molecule has 1 aliphatic rings. The summed E-state index contributed by atoms with van der Waals surface area (Å²) in [5.41, 5.74) is 1.34. The lowest BCUT2D eigenvalue weighted by molar-refractivity contribution is -0.0440. The molecule has 1 aliphatic heterocycles. The summed E-state index contributed by atoms with van der Waals surface area (Å²) < 4.78 is 36.2. The second-order valence-corrected chi connectivity index (χ2v) is 11.5. The summed E-state index contributed by atoms with van der Waals surface area (Å²) in [4.78, 5) is 18.0. The molecule has 2 unspecified atom stereocenters. The Labute approximate surface area is 202 Å². The predicted octanol–water partition coefficient (Wildman–Crippen LogP) is 3.93. The van der Waals surface area contributed by atoms with E-state index in [2.05, 4.69) is 23.2 Å². The molecule has 5 rings (SSSR count). The van der Waals surface area contributed by atoms with E-state index in [1.807, 2.05) is 43.7 Å². The van der Waals surface area contributed by atoms with E-state index in [1.165, 1.54) is 39.9 Å². The molecule has 0 spiro atoms. The van der Waals surface area contributed by atoms with Gasteiger partial charge in [0.2, 0.25) is 10.0 Å². The van der Waals surface area contributed by atoms with Crippen LogP contribution in [0.25, 0.3) is 21.0 Å². The van der Waals surface area contributed by atoms with Crippen LogP contribution in [0.4, 0.5) is 0 Å². The van der Waals surface area contributed by atoms with Crippen molar-refractivity contribution in [2.75, 3.05) is 13.1 Å². The normalized spacial score (nSPS) is 20.3. The highest BCUT2D eigenvalue weighted by Crippen LogP contribution is 2.27. The number of amides is 1. The van der Waals surface area contributed by atoms with Crippen molar-refractivity contribution in [1.29, 1.82) is 0 Å².